The molecule has 0 amide bonds. The van der Waals surface area contributed by atoms with Crippen LogP contribution in [-0.2, 0) is 4.74 Å². The van der Waals surface area contributed by atoms with Crippen LogP contribution in [0, 0.1) is 5.82 Å². The van der Waals surface area contributed by atoms with Crippen molar-refractivity contribution in [2.75, 3.05) is 13.2 Å². The van der Waals surface area contributed by atoms with E-state index in [0.717, 1.165) is 6.07 Å². The van der Waals surface area contributed by atoms with Gasteiger partial charge in [0.1, 0.15) is 23.2 Å². The van der Waals surface area contributed by atoms with E-state index in [0.29, 0.717) is 0 Å². The van der Waals surface area contributed by atoms with E-state index >= 15 is 0 Å². The highest BCUT2D eigenvalue weighted by atomic mass is 32.1. The van der Waals surface area contributed by atoms with Crippen LogP contribution in [0.15, 0.2) is 18.2 Å². The minimum absolute atomic E-state index is 0.0453. The van der Waals surface area contributed by atoms with E-state index in [2.05, 4.69) is 17.0 Å². The van der Waals surface area contributed by atoms with Crippen LogP contribution >= 0.6 is 12.2 Å². The molecule has 0 bridgehead atoms. The van der Waals surface area contributed by atoms with Crippen LogP contribution in [0.1, 0.15) is 5.56 Å². The predicted octanol–water partition coefficient (Wildman–Crippen LogP) is 2.38. The summed E-state index contributed by atoms with van der Waals surface area (Å²) < 4.78 is 56.6. The van der Waals surface area contributed by atoms with Gasteiger partial charge in [-0.3, -0.25) is 4.74 Å². The first-order chi connectivity index (χ1) is 8.29. The third kappa shape index (κ3) is 4.84. The molecule has 0 aliphatic carbocycles. The summed E-state index contributed by atoms with van der Waals surface area (Å²) in [7, 11) is 0. The second-order valence-corrected chi connectivity index (χ2v) is 3.59. The quantitative estimate of drug-likeness (QED) is 0.512. The SMILES string of the molecule is NC(=S)c1ccc(OCCOC(F)(F)F)cc1F. The van der Waals surface area contributed by atoms with Crippen LogP contribution in [0.4, 0.5) is 17.6 Å². The molecule has 100 valence electrons. The first-order valence-electron chi connectivity index (χ1n) is 4.72. The molecule has 0 radical (unpaired) electrons. The zero-order valence-corrected chi connectivity index (χ0v) is 9.78. The molecule has 0 heterocycles. The molecule has 0 fully saturated rings. The summed E-state index contributed by atoms with van der Waals surface area (Å²) in [6, 6.07) is 3.63. The Morgan fingerprint density at radius 2 is 1.94 bits per heavy atom. The molecular weight excluding hydrogens is 274 g/mol. The summed E-state index contributed by atoms with van der Waals surface area (Å²) in [5, 5.41) is 0. The summed E-state index contributed by atoms with van der Waals surface area (Å²) >= 11 is 4.59. The predicted molar refractivity (Wildman–Crippen MR) is 59.8 cm³/mol. The van der Waals surface area contributed by atoms with Gasteiger partial charge in [0.15, 0.2) is 0 Å². The number of hydrogen-bond acceptors (Lipinski definition) is 3. The van der Waals surface area contributed by atoms with Gasteiger partial charge in [-0.2, -0.15) is 0 Å². The minimum atomic E-state index is -4.70. The number of nitrogens with two attached hydrogens (primary N) is 1. The lowest BCUT2D eigenvalue weighted by molar-refractivity contribution is -0.325. The number of halogens is 4. The summed E-state index contributed by atoms with van der Waals surface area (Å²) in [6.45, 7) is -1.03. The maximum absolute atomic E-state index is 13.3. The lowest BCUT2D eigenvalue weighted by atomic mass is 10.2. The molecule has 0 spiro atoms. The third-order valence-corrected chi connectivity index (χ3v) is 2.04. The topological polar surface area (TPSA) is 44.5 Å². The van der Waals surface area contributed by atoms with Crippen molar-refractivity contribution in [3.63, 3.8) is 0 Å². The maximum atomic E-state index is 13.3. The van der Waals surface area contributed by atoms with E-state index in [1.54, 1.807) is 0 Å². The maximum Gasteiger partial charge on any atom is 0.522 e. The van der Waals surface area contributed by atoms with Gasteiger partial charge in [0.05, 0.1) is 6.61 Å². The number of hydrogen-bond donors (Lipinski definition) is 1. The van der Waals surface area contributed by atoms with Crippen LogP contribution in [-0.4, -0.2) is 24.6 Å². The molecule has 0 saturated heterocycles. The Kier molecular flexibility index (Phi) is 4.85. The van der Waals surface area contributed by atoms with Gasteiger partial charge in [0.25, 0.3) is 0 Å². The highest BCUT2D eigenvalue weighted by Crippen LogP contribution is 2.18. The fourth-order valence-corrected chi connectivity index (χ4v) is 1.27. The smallest absolute Gasteiger partial charge is 0.491 e. The summed E-state index contributed by atoms with van der Waals surface area (Å²) in [5.41, 5.74) is 5.29. The van der Waals surface area contributed by atoms with Crippen LogP contribution in [0.25, 0.3) is 0 Å². The number of thiocarbonyl (C=S) groups is 1. The van der Waals surface area contributed by atoms with E-state index in [-0.39, 0.29) is 22.9 Å². The van der Waals surface area contributed by atoms with Crippen molar-refractivity contribution in [1.82, 2.24) is 0 Å². The Morgan fingerprint density at radius 3 is 2.44 bits per heavy atom. The first-order valence-corrected chi connectivity index (χ1v) is 5.13. The van der Waals surface area contributed by atoms with Crippen molar-refractivity contribution in [1.29, 1.82) is 0 Å². The van der Waals surface area contributed by atoms with Crippen LogP contribution in [0.5, 0.6) is 5.75 Å². The Bertz CT molecular complexity index is 436. The number of alkyl halides is 3. The number of ether oxygens (including phenoxy) is 2. The molecule has 1 rings (SSSR count). The van der Waals surface area contributed by atoms with Crippen molar-refractivity contribution in [2.45, 2.75) is 6.36 Å². The zero-order valence-electron chi connectivity index (χ0n) is 8.96. The average Bonchev–Trinajstić information content (AvgIpc) is 2.22. The highest BCUT2D eigenvalue weighted by Gasteiger charge is 2.28. The first kappa shape index (κ1) is 14.7. The third-order valence-electron chi connectivity index (χ3n) is 1.82. The van der Waals surface area contributed by atoms with Gasteiger partial charge < -0.3 is 10.5 Å². The largest absolute Gasteiger partial charge is 0.522 e. The second-order valence-electron chi connectivity index (χ2n) is 3.15. The van der Waals surface area contributed by atoms with Crippen molar-refractivity contribution >= 4 is 17.2 Å². The van der Waals surface area contributed by atoms with E-state index in [9.17, 15) is 17.6 Å². The number of rotatable bonds is 5. The highest BCUT2D eigenvalue weighted by molar-refractivity contribution is 7.80. The summed E-state index contributed by atoms with van der Waals surface area (Å²) in [6.07, 6.45) is -4.70. The molecule has 0 saturated carbocycles. The average molecular weight is 283 g/mol. The molecule has 1 aromatic rings. The van der Waals surface area contributed by atoms with Crippen molar-refractivity contribution in [3.05, 3.63) is 29.6 Å². The lowest BCUT2D eigenvalue weighted by Gasteiger charge is -2.09. The minimum Gasteiger partial charge on any atom is -0.491 e. The molecule has 1 aromatic carbocycles. The van der Waals surface area contributed by atoms with Crippen LogP contribution in [0.2, 0.25) is 0 Å². The molecule has 2 N–H and O–H groups in total. The lowest BCUT2D eigenvalue weighted by Crippen LogP contribution is -2.18. The fraction of sp³-hybridized carbons (Fsp3) is 0.300. The van der Waals surface area contributed by atoms with Gasteiger partial charge >= 0.3 is 6.36 Å². The van der Waals surface area contributed by atoms with E-state index < -0.39 is 18.8 Å². The number of benzene rings is 1. The molecule has 0 unspecified atom stereocenters. The Hall–Kier alpha value is -1.41. The van der Waals surface area contributed by atoms with Gasteiger partial charge in [0, 0.05) is 11.6 Å². The normalized spacial score (nSPS) is 11.3. The molecular formula is C10H9F4NO2S. The van der Waals surface area contributed by atoms with Crippen molar-refractivity contribution in [2.24, 2.45) is 5.73 Å². The van der Waals surface area contributed by atoms with Crippen LogP contribution in [0.3, 0.4) is 0 Å². The summed E-state index contributed by atoms with van der Waals surface area (Å²) in [4.78, 5) is -0.112. The van der Waals surface area contributed by atoms with E-state index in [1.165, 1.54) is 12.1 Å². The molecule has 18 heavy (non-hydrogen) atoms. The van der Waals surface area contributed by atoms with Gasteiger partial charge in [0.2, 0.25) is 0 Å². The summed E-state index contributed by atoms with van der Waals surface area (Å²) in [5.74, 6) is -0.630. The van der Waals surface area contributed by atoms with Gasteiger partial charge in [-0.05, 0) is 12.1 Å². The van der Waals surface area contributed by atoms with Gasteiger partial charge in [-0.15, -0.1) is 13.2 Å². The molecule has 0 aromatic heterocycles. The Balaban J connectivity index is 2.49. The van der Waals surface area contributed by atoms with Crippen LogP contribution < -0.4 is 10.5 Å². The van der Waals surface area contributed by atoms with Gasteiger partial charge in [-0.25, -0.2) is 4.39 Å². The van der Waals surface area contributed by atoms with E-state index in [4.69, 9.17) is 10.5 Å². The fourth-order valence-electron chi connectivity index (χ4n) is 1.10. The van der Waals surface area contributed by atoms with Gasteiger partial charge in [-0.1, -0.05) is 12.2 Å². The van der Waals surface area contributed by atoms with E-state index in [1.807, 2.05) is 0 Å². The van der Waals surface area contributed by atoms with Crippen molar-refractivity contribution < 1.29 is 27.0 Å². The monoisotopic (exact) mass is 283 g/mol. The second kappa shape index (κ2) is 5.96. The molecule has 0 aliphatic heterocycles. The Labute approximate surface area is 105 Å². The standard InChI is InChI=1S/C10H9F4NO2S/c11-8-5-6(1-2-7(8)9(15)18)16-3-4-17-10(12,13)14/h1-2,5H,3-4H2,(H2,15,18). The zero-order chi connectivity index (χ0) is 13.8. The molecule has 8 heteroatoms. The molecule has 0 atom stereocenters. The molecule has 3 nitrogen and oxygen atoms in total. The molecule has 0 aliphatic rings. The van der Waals surface area contributed by atoms with Crippen molar-refractivity contribution in [3.8, 4) is 5.75 Å². The Morgan fingerprint density at radius 1 is 1.28 bits per heavy atom.